The van der Waals surface area contributed by atoms with Crippen molar-refractivity contribution < 1.29 is 18.8 Å². The van der Waals surface area contributed by atoms with Crippen LogP contribution >= 0.6 is 34.2 Å². The molecule has 27 heavy (non-hydrogen) atoms. The van der Waals surface area contributed by atoms with Gasteiger partial charge < -0.3 is 14.0 Å². The van der Waals surface area contributed by atoms with Crippen molar-refractivity contribution in [3.63, 3.8) is 0 Å². The molecule has 0 radical (unpaired) electrons. The predicted molar refractivity (Wildman–Crippen MR) is 120 cm³/mol. The molecule has 0 aromatic heterocycles. The maximum Gasteiger partial charge on any atom is 0.506 e. The molecule has 1 amide bonds. The number of benzene rings is 2. The van der Waals surface area contributed by atoms with Gasteiger partial charge in [-0.2, -0.15) is 0 Å². The Balaban J connectivity index is 2.59. The van der Waals surface area contributed by atoms with Gasteiger partial charge in [0.05, 0.1) is 5.69 Å². The van der Waals surface area contributed by atoms with E-state index in [4.69, 9.17) is 25.6 Å². The number of hydrogen-bond donors (Lipinski definition) is 0. The lowest BCUT2D eigenvalue weighted by Gasteiger charge is -2.28. The predicted octanol–water partition coefficient (Wildman–Crippen LogP) is 5.23. The highest BCUT2D eigenvalue weighted by molar-refractivity contribution is 14.1. The highest BCUT2D eigenvalue weighted by Crippen LogP contribution is 2.37. The highest BCUT2D eigenvalue weighted by Gasteiger charge is 2.26. The average Bonchev–Trinajstić information content (AvgIpc) is 2.61. The third-order valence-electron chi connectivity index (χ3n) is 3.54. The molecule has 0 saturated heterocycles. The first kappa shape index (κ1) is 21.9. The number of hydrogen-bond acceptors (Lipinski definition) is 4. The topological polar surface area (TPSA) is 48.0 Å². The lowest BCUT2D eigenvalue weighted by Crippen LogP contribution is -2.37. The summed E-state index contributed by atoms with van der Waals surface area (Å²) in [6.45, 7) is 5.77. The van der Waals surface area contributed by atoms with Crippen LogP contribution in [-0.4, -0.2) is 33.0 Å². The van der Waals surface area contributed by atoms with E-state index in [0.29, 0.717) is 11.4 Å². The van der Waals surface area contributed by atoms with Gasteiger partial charge in [0.25, 0.3) is 0 Å². The number of nitrogens with zero attached hydrogens (tertiary/aromatic N) is 1. The standard InChI is InChI=1S/C19H22BClINO4/c1-19(2,3)26-18(24)23(11-7-10-21)15-12-16(27-20-25-4)13-8-5-6-9-14(13)17(15)22/h5-10,12,20H,11H2,1-4H3. The monoisotopic (exact) mass is 501 g/mol. The minimum atomic E-state index is -0.613. The molecule has 0 atom stereocenters. The molecule has 144 valence electrons. The Hall–Kier alpha value is -1.45. The summed E-state index contributed by atoms with van der Waals surface area (Å²) in [6, 6.07) is 9.69. The van der Waals surface area contributed by atoms with Gasteiger partial charge in [-0.25, -0.2) is 4.79 Å². The highest BCUT2D eigenvalue weighted by atomic mass is 127. The molecular formula is C19H22BClINO4. The lowest BCUT2D eigenvalue weighted by atomic mass is 10.1. The first-order valence-electron chi connectivity index (χ1n) is 8.37. The fourth-order valence-corrected chi connectivity index (χ4v) is 3.46. The zero-order valence-corrected chi connectivity index (χ0v) is 18.7. The quantitative estimate of drug-likeness (QED) is 0.402. The first-order chi connectivity index (χ1) is 12.8. The summed E-state index contributed by atoms with van der Waals surface area (Å²) in [7, 11) is 1.67. The SMILES string of the molecule is COBOc1cc(N(CC=CCl)C(=O)OC(C)(C)C)c(I)c2ccccc12. The van der Waals surface area contributed by atoms with Crippen molar-refractivity contribution in [2.45, 2.75) is 26.4 Å². The van der Waals surface area contributed by atoms with E-state index in [1.165, 1.54) is 10.4 Å². The van der Waals surface area contributed by atoms with E-state index in [1.54, 1.807) is 13.2 Å². The van der Waals surface area contributed by atoms with E-state index in [-0.39, 0.29) is 14.2 Å². The largest absolute Gasteiger partial charge is 0.538 e. The molecule has 0 fully saturated rings. The van der Waals surface area contributed by atoms with Gasteiger partial charge in [0, 0.05) is 39.6 Å². The molecule has 0 saturated carbocycles. The van der Waals surface area contributed by atoms with Crippen LogP contribution in [-0.2, 0) is 9.39 Å². The second kappa shape index (κ2) is 9.66. The second-order valence-corrected chi connectivity index (χ2v) is 8.09. The maximum absolute atomic E-state index is 12.8. The molecule has 5 nitrogen and oxygen atoms in total. The van der Waals surface area contributed by atoms with Gasteiger partial charge in [-0.3, -0.25) is 4.90 Å². The van der Waals surface area contributed by atoms with Gasteiger partial charge in [0.15, 0.2) is 0 Å². The van der Waals surface area contributed by atoms with Crippen LogP contribution in [0.15, 0.2) is 41.9 Å². The number of amides is 1. The Kier molecular flexibility index (Phi) is 7.82. The van der Waals surface area contributed by atoms with E-state index in [0.717, 1.165) is 14.3 Å². The zero-order chi connectivity index (χ0) is 20.0. The van der Waals surface area contributed by atoms with Crippen LogP contribution in [0.5, 0.6) is 5.75 Å². The number of halogens is 2. The van der Waals surface area contributed by atoms with Gasteiger partial charge in [-0.15, -0.1) is 0 Å². The van der Waals surface area contributed by atoms with E-state index in [2.05, 4.69) is 22.6 Å². The number of anilines is 1. The van der Waals surface area contributed by atoms with Gasteiger partial charge in [-0.05, 0) is 43.4 Å². The molecule has 8 heteroatoms. The van der Waals surface area contributed by atoms with Gasteiger partial charge in [0.2, 0.25) is 0 Å². The molecule has 0 N–H and O–H groups in total. The molecule has 0 heterocycles. The Morgan fingerprint density at radius 1 is 1.30 bits per heavy atom. The number of carbonyl (C=O) groups excluding carboxylic acids is 1. The molecule has 2 aromatic carbocycles. The molecule has 0 aliphatic heterocycles. The van der Waals surface area contributed by atoms with Crippen LogP contribution in [0.2, 0.25) is 0 Å². The third kappa shape index (κ3) is 5.76. The van der Waals surface area contributed by atoms with Gasteiger partial charge in [0.1, 0.15) is 11.4 Å². The third-order valence-corrected chi connectivity index (χ3v) is 4.85. The number of rotatable bonds is 6. The summed E-state index contributed by atoms with van der Waals surface area (Å²) < 4.78 is 17.3. The van der Waals surface area contributed by atoms with Crippen molar-refractivity contribution in [2.75, 3.05) is 18.6 Å². The molecule has 2 rings (SSSR count). The van der Waals surface area contributed by atoms with Crippen LogP contribution in [0.25, 0.3) is 10.8 Å². The van der Waals surface area contributed by atoms with E-state index >= 15 is 0 Å². The summed E-state index contributed by atoms with van der Waals surface area (Å²) in [4.78, 5) is 14.4. The number of fused-ring (bicyclic) bond motifs is 1. The number of ether oxygens (including phenoxy) is 1. The summed E-state index contributed by atoms with van der Waals surface area (Å²) >= 11 is 7.94. The van der Waals surface area contributed by atoms with Crippen molar-refractivity contribution >= 4 is 64.4 Å². The van der Waals surface area contributed by atoms with Gasteiger partial charge >= 0.3 is 13.8 Å². The van der Waals surface area contributed by atoms with E-state index in [1.807, 2.05) is 51.1 Å². The fraction of sp³-hybridized carbons (Fsp3) is 0.316. The molecule has 0 unspecified atom stereocenters. The molecule has 0 aliphatic rings. The number of carbonyl (C=O) groups is 1. The molecular weight excluding hydrogens is 479 g/mol. The van der Waals surface area contributed by atoms with Crippen molar-refractivity contribution in [1.29, 1.82) is 0 Å². The summed E-state index contributed by atoms with van der Waals surface area (Å²) in [5.74, 6) is 0.631. The van der Waals surface area contributed by atoms with Crippen molar-refractivity contribution in [1.82, 2.24) is 0 Å². The lowest BCUT2D eigenvalue weighted by molar-refractivity contribution is 0.0584. The smallest absolute Gasteiger partial charge is 0.506 e. The summed E-state index contributed by atoms with van der Waals surface area (Å²) in [6.07, 6.45) is 1.23. The Morgan fingerprint density at radius 2 is 1.96 bits per heavy atom. The molecule has 2 aromatic rings. The van der Waals surface area contributed by atoms with Crippen LogP contribution in [0.4, 0.5) is 10.5 Å². The summed E-state index contributed by atoms with van der Waals surface area (Å²) in [5, 5.41) is 1.92. The minimum Gasteiger partial charge on any atom is -0.538 e. The van der Waals surface area contributed by atoms with Crippen LogP contribution in [0.1, 0.15) is 20.8 Å². The van der Waals surface area contributed by atoms with E-state index in [9.17, 15) is 4.79 Å². The molecule has 0 bridgehead atoms. The van der Waals surface area contributed by atoms with Crippen molar-refractivity contribution in [2.24, 2.45) is 0 Å². The second-order valence-electron chi connectivity index (χ2n) is 6.76. The normalized spacial score (nSPS) is 11.6. The van der Waals surface area contributed by atoms with Crippen LogP contribution in [0.3, 0.4) is 0 Å². The Bertz CT molecular complexity index is 838. The summed E-state index contributed by atoms with van der Waals surface area (Å²) in [5.41, 5.74) is 1.45. The van der Waals surface area contributed by atoms with Crippen molar-refractivity contribution in [3.05, 3.63) is 45.5 Å². The Morgan fingerprint density at radius 3 is 2.56 bits per heavy atom. The average molecular weight is 502 g/mol. The van der Waals surface area contributed by atoms with E-state index < -0.39 is 11.7 Å². The zero-order valence-electron chi connectivity index (χ0n) is 15.8. The van der Waals surface area contributed by atoms with Crippen LogP contribution in [0, 0.1) is 3.57 Å². The minimum absolute atomic E-state index is 0.109. The molecule has 0 spiro atoms. The van der Waals surface area contributed by atoms with Crippen LogP contribution < -0.4 is 9.55 Å². The Labute approximate surface area is 179 Å². The first-order valence-corrected chi connectivity index (χ1v) is 9.88. The fourth-order valence-electron chi connectivity index (χ4n) is 2.46. The molecule has 0 aliphatic carbocycles. The maximum atomic E-state index is 12.8. The van der Waals surface area contributed by atoms with Gasteiger partial charge in [-0.1, -0.05) is 41.9 Å². The van der Waals surface area contributed by atoms with Crippen molar-refractivity contribution in [3.8, 4) is 5.75 Å².